The highest BCUT2D eigenvalue weighted by Gasteiger charge is 2.25. The molecule has 3 rings (SSSR count). The molecule has 0 amide bonds. The number of nitrogens with zero attached hydrogens (tertiary/aromatic N) is 1. The van der Waals surface area contributed by atoms with Crippen LogP contribution in [0.1, 0.15) is 12.0 Å². The van der Waals surface area contributed by atoms with Gasteiger partial charge in [0.25, 0.3) is 0 Å². The lowest BCUT2D eigenvalue weighted by Gasteiger charge is -2.19. The summed E-state index contributed by atoms with van der Waals surface area (Å²) in [5.41, 5.74) is 2.47. The van der Waals surface area contributed by atoms with E-state index in [2.05, 4.69) is 40.8 Å². The van der Waals surface area contributed by atoms with E-state index >= 15 is 0 Å². The van der Waals surface area contributed by atoms with Crippen LogP contribution in [0.25, 0.3) is 0 Å². The maximum absolute atomic E-state index is 12.1. The topological polar surface area (TPSA) is 49.4 Å². The second kappa shape index (κ2) is 6.40. The summed E-state index contributed by atoms with van der Waals surface area (Å²) in [5.74, 6) is 0.357. The molecule has 1 aliphatic rings. The van der Waals surface area contributed by atoms with Crippen molar-refractivity contribution in [2.75, 3.05) is 24.5 Å². The lowest BCUT2D eigenvalue weighted by Crippen LogP contribution is -2.30. The van der Waals surface area contributed by atoms with Crippen LogP contribution in [0, 0.1) is 12.8 Å². The van der Waals surface area contributed by atoms with Crippen LogP contribution < -0.4 is 9.62 Å². The number of hydrogen-bond donors (Lipinski definition) is 1. The van der Waals surface area contributed by atoms with Crippen molar-refractivity contribution < 1.29 is 8.42 Å². The second-order valence-electron chi connectivity index (χ2n) is 5.72. The van der Waals surface area contributed by atoms with Gasteiger partial charge in [0.05, 0.1) is 0 Å². The van der Waals surface area contributed by atoms with Crippen LogP contribution in [-0.4, -0.2) is 28.1 Å². The zero-order chi connectivity index (χ0) is 15.6. The van der Waals surface area contributed by atoms with Crippen LogP contribution in [0.15, 0.2) is 46.0 Å². The molecule has 1 N–H and O–H groups in total. The van der Waals surface area contributed by atoms with E-state index in [1.165, 1.54) is 22.6 Å². The first-order valence-corrected chi connectivity index (χ1v) is 9.76. The Morgan fingerprint density at radius 2 is 2.18 bits per heavy atom. The molecule has 0 radical (unpaired) electrons. The summed E-state index contributed by atoms with van der Waals surface area (Å²) in [4.78, 5) is 2.33. The van der Waals surface area contributed by atoms with E-state index in [0.717, 1.165) is 19.5 Å². The van der Waals surface area contributed by atoms with E-state index in [9.17, 15) is 8.42 Å². The van der Waals surface area contributed by atoms with Crippen LogP contribution in [0.4, 0.5) is 5.69 Å². The molecule has 0 spiro atoms. The van der Waals surface area contributed by atoms with E-state index in [1.807, 2.05) is 0 Å². The smallest absolute Gasteiger partial charge is 0.250 e. The SMILES string of the molecule is Cc1cccc(N2CCC(CNS(=O)(=O)c3cccs3)C2)c1. The summed E-state index contributed by atoms with van der Waals surface area (Å²) in [6, 6.07) is 11.8. The summed E-state index contributed by atoms with van der Waals surface area (Å²) in [6.45, 7) is 4.47. The van der Waals surface area contributed by atoms with Crippen molar-refractivity contribution in [2.24, 2.45) is 5.92 Å². The largest absolute Gasteiger partial charge is 0.371 e. The molecule has 118 valence electrons. The van der Waals surface area contributed by atoms with Crippen LogP contribution in [0.5, 0.6) is 0 Å². The van der Waals surface area contributed by atoms with Gasteiger partial charge in [-0.3, -0.25) is 0 Å². The Hall–Kier alpha value is -1.37. The van der Waals surface area contributed by atoms with Gasteiger partial charge in [-0.2, -0.15) is 0 Å². The first kappa shape index (κ1) is 15.5. The van der Waals surface area contributed by atoms with E-state index in [1.54, 1.807) is 17.5 Å². The first-order chi connectivity index (χ1) is 10.5. The van der Waals surface area contributed by atoms with Crippen molar-refractivity contribution in [3.63, 3.8) is 0 Å². The minimum Gasteiger partial charge on any atom is -0.371 e. The fraction of sp³-hybridized carbons (Fsp3) is 0.375. The van der Waals surface area contributed by atoms with Crippen molar-refractivity contribution in [2.45, 2.75) is 17.6 Å². The van der Waals surface area contributed by atoms with E-state index in [4.69, 9.17) is 0 Å². The molecule has 1 atom stereocenters. The molecule has 4 nitrogen and oxygen atoms in total. The van der Waals surface area contributed by atoms with E-state index < -0.39 is 10.0 Å². The number of thiophene rings is 1. The van der Waals surface area contributed by atoms with Gasteiger partial charge in [-0.05, 0) is 48.4 Å². The van der Waals surface area contributed by atoms with Crippen molar-refractivity contribution in [1.29, 1.82) is 0 Å². The summed E-state index contributed by atoms with van der Waals surface area (Å²) < 4.78 is 27.4. The number of anilines is 1. The molecule has 2 aromatic rings. The minimum absolute atomic E-state index is 0.357. The van der Waals surface area contributed by atoms with E-state index in [-0.39, 0.29) is 0 Å². The molecule has 1 saturated heterocycles. The lowest BCUT2D eigenvalue weighted by molar-refractivity contribution is 0.543. The summed E-state index contributed by atoms with van der Waals surface area (Å²) in [5, 5.41) is 1.78. The molecule has 1 aromatic heterocycles. The lowest BCUT2D eigenvalue weighted by atomic mass is 10.1. The van der Waals surface area contributed by atoms with Crippen molar-refractivity contribution in [3.05, 3.63) is 47.3 Å². The fourth-order valence-corrected chi connectivity index (χ4v) is 4.93. The van der Waals surface area contributed by atoms with Crippen molar-refractivity contribution in [3.8, 4) is 0 Å². The number of nitrogens with one attached hydrogen (secondary N) is 1. The third-order valence-electron chi connectivity index (χ3n) is 3.97. The first-order valence-electron chi connectivity index (χ1n) is 7.39. The van der Waals surface area contributed by atoms with Crippen LogP contribution >= 0.6 is 11.3 Å². The monoisotopic (exact) mass is 336 g/mol. The van der Waals surface area contributed by atoms with E-state index in [0.29, 0.717) is 16.7 Å². The zero-order valence-electron chi connectivity index (χ0n) is 12.5. The molecule has 6 heteroatoms. The molecule has 2 heterocycles. The fourth-order valence-electron chi connectivity index (χ4n) is 2.77. The average Bonchev–Trinajstić information content (AvgIpc) is 3.17. The van der Waals surface area contributed by atoms with Crippen molar-refractivity contribution >= 4 is 27.0 Å². The summed E-state index contributed by atoms with van der Waals surface area (Å²) in [6.07, 6.45) is 1.01. The Labute approximate surface area is 135 Å². The molecular formula is C16H20N2O2S2. The van der Waals surface area contributed by atoms with Gasteiger partial charge in [0, 0.05) is 25.3 Å². The molecule has 0 bridgehead atoms. The highest BCUT2D eigenvalue weighted by Crippen LogP contribution is 2.24. The quantitative estimate of drug-likeness (QED) is 0.913. The van der Waals surface area contributed by atoms with Gasteiger partial charge in [-0.1, -0.05) is 18.2 Å². The van der Waals surface area contributed by atoms with Gasteiger partial charge < -0.3 is 4.90 Å². The van der Waals surface area contributed by atoms with Crippen LogP contribution in [0.3, 0.4) is 0 Å². The van der Waals surface area contributed by atoms with Crippen molar-refractivity contribution in [1.82, 2.24) is 4.72 Å². The molecule has 0 saturated carbocycles. The molecular weight excluding hydrogens is 316 g/mol. The van der Waals surface area contributed by atoms with Gasteiger partial charge >= 0.3 is 0 Å². The number of aryl methyl sites for hydroxylation is 1. The molecule has 1 unspecified atom stereocenters. The molecule has 1 aliphatic heterocycles. The Morgan fingerprint density at radius 3 is 2.91 bits per heavy atom. The highest BCUT2D eigenvalue weighted by molar-refractivity contribution is 7.91. The third kappa shape index (κ3) is 3.51. The van der Waals surface area contributed by atoms with Gasteiger partial charge in [-0.15, -0.1) is 11.3 Å². The molecule has 22 heavy (non-hydrogen) atoms. The normalized spacial score (nSPS) is 18.8. The predicted molar refractivity (Wildman–Crippen MR) is 91.0 cm³/mol. The summed E-state index contributed by atoms with van der Waals surface area (Å²) >= 11 is 1.25. The zero-order valence-corrected chi connectivity index (χ0v) is 14.2. The summed E-state index contributed by atoms with van der Waals surface area (Å²) in [7, 11) is -3.34. The maximum atomic E-state index is 12.1. The number of rotatable bonds is 5. The molecule has 0 aliphatic carbocycles. The van der Waals surface area contributed by atoms with Gasteiger partial charge in [-0.25, -0.2) is 13.1 Å². The number of hydrogen-bond acceptors (Lipinski definition) is 4. The Balaban J connectivity index is 1.58. The van der Waals surface area contributed by atoms with Gasteiger partial charge in [0.15, 0.2) is 0 Å². The second-order valence-corrected chi connectivity index (χ2v) is 8.67. The standard InChI is InChI=1S/C16H20N2O2S2/c1-13-4-2-5-15(10-13)18-8-7-14(12-18)11-17-22(19,20)16-6-3-9-21-16/h2-6,9-10,14,17H,7-8,11-12H2,1H3. The van der Waals surface area contributed by atoms with Crippen LogP contribution in [0.2, 0.25) is 0 Å². The average molecular weight is 336 g/mol. The van der Waals surface area contributed by atoms with Gasteiger partial charge in [0.2, 0.25) is 10.0 Å². The molecule has 1 fully saturated rings. The number of benzene rings is 1. The predicted octanol–water partition coefficient (Wildman–Crippen LogP) is 2.86. The highest BCUT2D eigenvalue weighted by atomic mass is 32.2. The Bertz CT molecular complexity index is 726. The molecule has 1 aromatic carbocycles. The maximum Gasteiger partial charge on any atom is 0.250 e. The minimum atomic E-state index is -3.34. The Kier molecular flexibility index (Phi) is 4.52. The van der Waals surface area contributed by atoms with Crippen LogP contribution in [-0.2, 0) is 10.0 Å². The van der Waals surface area contributed by atoms with Gasteiger partial charge in [0.1, 0.15) is 4.21 Å². The Morgan fingerprint density at radius 1 is 1.32 bits per heavy atom. The number of sulfonamides is 1. The third-order valence-corrected chi connectivity index (χ3v) is 6.80.